The zero-order valence-corrected chi connectivity index (χ0v) is 5.59. The van der Waals surface area contributed by atoms with E-state index in [4.69, 9.17) is 0 Å². The molecule has 0 aromatic rings. The van der Waals surface area contributed by atoms with Crippen molar-refractivity contribution >= 4 is 6.09 Å². The van der Waals surface area contributed by atoms with Crippen molar-refractivity contribution in [2.75, 3.05) is 27.3 Å². The molecule has 0 N–H and O–H groups in total. The van der Waals surface area contributed by atoms with Gasteiger partial charge in [0.2, 0.25) is 0 Å². The van der Waals surface area contributed by atoms with Gasteiger partial charge in [-0.1, -0.05) is 0 Å². The molecule has 4 nitrogen and oxygen atoms in total. The number of carbonyl (C=O) groups excluding carboxylic acids is 1. The molecule has 0 spiro atoms. The van der Waals surface area contributed by atoms with Crippen molar-refractivity contribution in [2.45, 2.75) is 0 Å². The highest BCUT2D eigenvalue weighted by Crippen LogP contribution is 1.78. The van der Waals surface area contributed by atoms with Crippen LogP contribution in [0.5, 0.6) is 0 Å². The van der Waals surface area contributed by atoms with Gasteiger partial charge < -0.3 is 19.5 Å². The van der Waals surface area contributed by atoms with Crippen LogP contribution in [0.1, 0.15) is 0 Å². The quantitative estimate of drug-likeness (QED) is 0.490. The SMILES string of the molecule is COCCN(C)C(=O)[O-]. The minimum absolute atomic E-state index is 0.360. The standard InChI is InChI=1S/C5H11NO3/c1-6(5(7)8)3-4-9-2/h3-4H2,1-2H3,(H,7,8)/p-1. The largest absolute Gasteiger partial charge is 0.530 e. The molecule has 0 saturated carbocycles. The van der Waals surface area contributed by atoms with E-state index in [9.17, 15) is 9.90 Å². The Hall–Kier alpha value is -0.770. The maximum Gasteiger partial charge on any atom is 0.136 e. The predicted octanol–water partition coefficient (Wildman–Crippen LogP) is -1.09. The number of ether oxygens (including phenoxy) is 1. The van der Waals surface area contributed by atoms with Gasteiger partial charge >= 0.3 is 0 Å². The van der Waals surface area contributed by atoms with E-state index in [1.54, 1.807) is 0 Å². The van der Waals surface area contributed by atoms with Crippen LogP contribution in [-0.4, -0.2) is 38.3 Å². The van der Waals surface area contributed by atoms with E-state index in [2.05, 4.69) is 4.74 Å². The zero-order chi connectivity index (χ0) is 7.28. The Bertz CT molecular complexity index is 94.2. The van der Waals surface area contributed by atoms with Crippen molar-refractivity contribution in [3.05, 3.63) is 0 Å². The van der Waals surface area contributed by atoms with Crippen LogP contribution >= 0.6 is 0 Å². The van der Waals surface area contributed by atoms with E-state index >= 15 is 0 Å². The highest BCUT2D eigenvalue weighted by Gasteiger charge is 1.93. The monoisotopic (exact) mass is 132 g/mol. The summed E-state index contributed by atoms with van der Waals surface area (Å²) in [5.74, 6) is 0. The fourth-order valence-corrected chi connectivity index (χ4v) is 0.320. The summed E-state index contributed by atoms with van der Waals surface area (Å²) in [5.41, 5.74) is 0. The maximum absolute atomic E-state index is 9.96. The van der Waals surface area contributed by atoms with E-state index in [-0.39, 0.29) is 0 Å². The van der Waals surface area contributed by atoms with Crippen molar-refractivity contribution in [3.63, 3.8) is 0 Å². The van der Waals surface area contributed by atoms with Crippen molar-refractivity contribution in [3.8, 4) is 0 Å². The van der Waals surface area contributed by atoms with Crippen LogP contribution in [0.15, 0.2) is 0 Å². The second-order valence-electron chi connectivity index (χ2n) is 1.68. The van der Waals surface area contributed by atoms with Gasteiger partial charge in [0.25, 0.3) is 0 Å². The van der Waals surface area contributed by atoms with Gasteiger partial charge in [-0.3, -0.25) is 0 Å². The van der Waals surface area contributed by atoms with Crippen LogP contribution in [0.3, 0.4) is 0 Å². The maximum atomic E-state index is 9.96. The van der Waals surface area contributed by atoms with Gasteiger partial charge in [0.15, 0.2) is 0 Å². The first kappa shape index (κ1) is 8.23. The Balaban J connectivity index is 3.27. The number of likely N-dealkylation sites (N-methyl/N-ethyl adjacent to an activating group) is 1. The summed E-state index contributed by atoms with van der Waals surface area (Å²) < 4.78 is 4.63. The summed E-state index contributed by atoms with van der Waals surface area (Å²) in [4.78, 5) is 11.0. The first-order chi connectivity index (χ1) is 4.18. The van der Waals surface area contributed by atoms with E-state index < -0.39 is 6.09 Å². The number of carbonyl (C=O) groups is 1. The third-order valence-electron chi connectivity index (χ3n) is 0.942. The highest BCUT2D eigenvalue weighted by atomic mass is 16.5. The molecule has 0 heterocycles. The van der Waals surface area contributed by atoms with Gasteiger partial charge in [0, 0.05) is 20.7 Å². The smallest absolute Gasteiger partial charge is 0.136 e. The molecule has 0 bridgehead atoms. The molecule has 4 heteroatoms. The number of amides is 1. The van der Waals surface area contributed by atoms with Gasteiger partial charge in [-0.2, -0.15) is 0 Å². The Morgan fingerprint density at radius 2 is 2.33 bits per heavy atom. The number of hydrogen-bond acceptors (Lipinski definition) is 3. The molecular formula is C5H10NO3-. The van der Waals surface area contributed by atoms with Gasteiger partial charge in [-0.05, 0) is 0 Å². The Morgan fingerprint density at radius 1 is 1.78 bits per heavy atom. The van der Waals surface area contributed by atoms with Gasteiger partial charge in [-0.15, -0.1) is 0 Å². The topological polar surface area (TPSA) is 52.6 Å². The van der Waals surface area contributed by atoms with E-state index in [1.165, 1.54) is 14.2 Å². The summed E-state index contributed by atoms with van der Waals surface area (Å²) in [6.45, 7) is 0.767. The lowest BCUT2D eigenvalue weighted by molar-refractivity contribution is -0.264. The third kappa shape index (κ3) is 3.78. The van der Waals surface area contributed by atoms with Crippen LogP contribution < -0.4 is 5.11 Å². The lowest BCUT2D eigenvalue weighted by Crippen LogP contribution is -2.39. The molecule has 54 valence electrons. The van der Waals surface area contributed by atoms with E-state index in [0.29, 0.717) is 13.2 Å². The van der Waals surface area contributed by atoms with Crippen LogP contribution in [0.25, 0.3) is 0 Å². The molecule has 0 radical (unpaired) electrons. The van der Waals surface area contributed by atoms with E-state index in [1.807, 2.05) is 0 Å². The number of nitrogens with zero attached hydrogens (tertiary/aromatic N) is 1. The molecule has 9 heavy (non-hydrogen) atoms. The highest BCUT2D eigenvalue weighted by molar-refractivity contribution is 5.61. The van der Waals surface area contributed by atoms with Gasteiger partial charge in [-0.25, -0.2) is 0 Å². The van der Waals surface area contributed by atoms with Crippen molar-refractivity contribution < 1.29 is 14.6 Å². The molecule has 0 aromatic heterocycles. The summed E-state index contributed by atoms with van der Waals surface area (Å²) in [6.07, 6.45) is -1.17. The average molecular weight is 132 g/mol. The number of carboxylic acid groups (broad SMARTS) is 1. The zero-order valence-electron chi connectivity index (χ0n) is 5.59. The van der Waals surface area contributed by atoms with Crippen molar-refractivity contribution in [1.82, 2.24) is 4.90 Å². The number of rotatable bonds is 3. The Labute approximate surface area is 54.0 Å². The molecule has 1 amide bonds. The van der Waals surface area contributed by atoms with Crippen molar-refractivity contribution in [1.29, 1.82) is 0 Å². The summed E-state index contributed by atoms with van der Waals surface area (Å²) >= 11 is 0. The normalized spacial score (nSPS) is 9.11. The molecule has 0 aliphatic rings. The minimum atomic E-state index is -1.17. The Kier molecular flexibility index (Phi) is 3.79. The lowest BCUT2D eigenvalue weighted by Gasteiger charge is -2.18. The molecule has 0 aromatic carbocycles. The fraction of sp³-hybridized carbons (Fsp3) is 0.800. The van der Waals surface area contributed by atoms with Gasteiger partial charge in [0.1, 0.15) is 6.09 Å². The molecule has 0 aliphatic heterocycles. The molecule has 0 fully saturated rings. The number of methoxy groups -OCH3 is 1. The molecular weight excluding hydrogens is 122 g/mol. The summed E-state index contributed by atoms with van der Waals surface area (Å²) in [6, 6.07) is 0. The number of hydrogen-bond donors (Lipinski definition) is 0. The summed E-state index contributed by atoms with van der Waals surface area (Å²) in [7, 11) is 2.96. The average Bonchev–Trinajstić information content (AvgIpc) is 1.82. The minimum Gasteiger partial charge on any atom is -0.530 e. The molecule has 0 aliphatic carbocycles. The lowest BCUT2D eigenvalue weighted by atomic mass is 10.6. The first-order valence-corrected chi connectivity index (χ1v) is 2.59. The molecule has 0 saturated heterocycles. The second kappa shape index (κ2) is 4.14. The molecule has 0 rings (SSSR count). The van der Waals surface area contributed by atoms with Crippen molar-refractivity contribution in [2.24, 2.45) is 0 Å². The fourth-order valence-electron chi connectivity index (χ4n) is 0.320. The summed E-state index contributed by atoms with van der Waals surface area (Å²) in [5, 5.41) is 9.96. The Morgan fingerprint density at radius 3 is 2.67 bits per heavy atom. The molecule has 0 unspecified atom stereocenters. The van der Waals surface area contributed by atoms with E-state index in [0.717, 1.165) is 4.90 Å². The third-order valence-corrected chi connectivity index (χ3v) is 0.942. The second-order valence-corrected chi connectivity index (χ2v) is 1.68. The van der Waals surface area contributed by atoms with Crippen LogP contribution in [0, 0.1) is 0 Å². The van der Waals surface area contributed by atoms with Crippen LogP contribution in [0.2, 0.25) is 0 Å². The molecule has 0 atom stereocenters. The van der Waals surface area contributed by atoms with Crippen LogP contribution in [0.4, 0.5) is 4.79 Å². The van der Waals surface area contributed by atoms with Gasteiger partial charge in [0.05, 0.1) is 6.61 Å². The van der Waals surface area contributed by atoms with Crippen LogP contribution in [-0.2, 0) is 4.74 Å². The predicted molar refractivity (Wildman–Crippen MR) is 29.9 cm³/mol. The first-order valence-electron chi connectivity index (χ1n) is 2.59.